The molecule has 0 saturated carbocycles. The normalized spacial score (nSPS) is 48.9. The first-order chi connectivity index (χ1) is 93.8. The van der Waals surface area contributed by atoms with Crippen LogP contribution in [0.2, 0.25) is 0 Å². The second kappa shape index (κ2) is 48.6. The molecule has 0 radical (unpaired) electrons. The summed E-state index contributed by atoms with van der Waals surface area (Å²) in [7, 11) is 2.37. The molecule has 780 valence electrons. The fraction of sp³-hybridized carbons (Fsp3) is 0.690. The molecule has 6 fully saturated rings. The summed E-state index contributed by atoms with van der Waals surface area (Å²) in [6, 6.07) is -3.00. The van der Waals surface area contributed by atoms with Gasteiger partial charge in [-0.3, -0.25) is 29.4 Å². The average Bonchev–Trinajstić information content (AvgIpc) is 0.640. The average molecular weight is 2020 g/mol. The molecule has 6 aromatic rings. The molecule has 6 saturated heterocycles. The van der Waals surface area contributed by atoms with Gasteiger partial charge in [0, 0.05) is 186 Å². The van der Waals surface area contributed by atoms with Crippen molar-refractivity contribution >= 4 is 0 Å². The van der Waals surface area contributed by atoms with Crippen molar-refractivity contribution in [3.63, 3.8) is 0 Å². The first-order valence-electron chi connectivity index (χ1n) is 80.8. The molecule has 6 aromatic carbocycles. The zero-order valence-corrected chi connectivity index (χ0v) is 81.8. The zero-order chi connectivity index (χ0) is 164. The number of fused-ring (bicyclic) bond motifs is 18. The second-order valence-electron chi connectivity index (χ2n) is 36.5. The van der Waals surface area contributed by atoms with E-state index >= 15 is 0 Å². The largest absolute Gasteiger partial charge is 0.493 e. The summed E-state index contributed by atoms with van der Waals surface area (Å²) in [4.78, 5) is 3.68. The van der Waals surface area contributed by atoms with Gasteiger partial charge in [0.1, 0.15) is 0 Å². The Kier molecular flexibility index (Phi) is 17.1. The summed E-state index contributed by atoms with van der Waals surface area (Å²) >= 11 is 0. The molecule has 0 bridgehead atoms. The maximum Gasteiger partial charge on any atom is 0.161 e. The van der Waals surface area contributed by atoms with Crippen LogP contribution in [-0.4, -0.2) is 260 Å². The molecule has 0 amide bonds. The fourth-order valence-electron chi connectivity index (χ4n) is 17.6. The number of aliphatic hydroxyl groups excluding tert-OH is 2. The lowest BCUT2D eigenvalue weighted by Crippen LogP contribution is -2.48. The van der Waals surface area contributed by atoms with E-state index in [1.54, 1.807) is 41.5 Å². The Hall–Kier alpha value is -7.56. The van der Waals surface area contributed by atoms with E-state index in [9.17, 15) is 38.9 Å². The maximum absolute atomic E-state index is 11.5. The van der Waals surface area contributed by atoms with Crippen molar-refractivity contribution in [3.05, 3.63) is 140 Å². The number of hydrogen-bond donors (Lipinski definition) is 6. The zero-order valence-electron chi connectivity index (χ0n) is 153. The minimum absolute atomic E-state index is 0.00368. The van der Waals surface area contributed by atoms with Crippen molar-refractivity contribution in [2.75, 3.05) is 163 Å². The highest BCUT2D eigenvalue weighted by Gasteiger charge is 2.47. The Morgan fingerprint density at radius 3 is 0.764 bits per heavy atom. The van der Waals surface area contributed by atoms with E-state index in [0.717, 1.165) is 67.7 Å². The van der Waals surface area contributed by atoms with E-state index in [2.05, 4.69) is 0 Å². The Labute approximate surface area is 939 Å². The summed E-state index contributed by atoms with van der Waals surface area (Å²) in [6.45, 7) is -21.9. The smallest absolute Gasteiger partial charge is 0.161 e. The maximum atomic E-state index is 11.5. The number of ether oxygens (including phenoxy) is 12. The molecule has 140 heavy (non-hydrogen) atoms. The molecule has 0 aromatic heterocycles. The van der Waals surface area contributed by atoms with Crippen molar-refractivity contribution < 1.29 is 185 Å². The molecule has 18 rings (SSSR count). The SMILES string of the molecule is [2H]C([2H])([2H])C(C)(C([2H])([2H])[2H])C([2H])([2H])C1([2H])CN2C([2H])([2H])C([2H])([2H])c3cc(OC)c(OC)cc3C2([2H])C([2H])([2H])C1([2H])O.[2H]C([2H])([2H])Oc1cc2c(cc1OC)C([2H])([2H])C([2H])([2H])N1CC(C([2H])([2H])C(C)(C([2H])([2H])[2H])C([2H])([2H])[2H])C(O)CC21[2H].[2H]C([2H])([2H])Oc1cc2c(cc1OC)C([2H])([2H])C([2H])([2H])N1CC(CC(C)C)C(O)CC21[2H].[2H]C([2H])([2H])Oc1cc2c(cc1OC)C([2H])([2H])C([2H])([2H])N1CC([2H])(CC(C)C)C([2H])(O)C([2H])([2H])C21[2H].[2H]C1(CC(C)C)CN2C([2H])([2H])C([2H])([2H])c3cc(OC)c(OC)cc3C2([2H])C([2H])([2H])C1([2H])O.[2H]C1(CC(C)C)CN2C([2H])([2H])C([2H])([2H])c3cc(OC)c(OC)cc3C2([2H])C([2H])([2H])C1([2H])O. The topological polar surface area (TPSA) is 252 Å². The van der Waals surface area contributed by atoms with Gasteiger partial charge in [-0.15, -0.1) is 0 Å². The van der Waals surface area contributed by atoms with Gasteiger partial charge in [-0.05, 0) is 324 Å². The molecule has 0 aliphatic carbocycles. The van der Waals surface area contributed by atoms with Gasteiger partial charge in [-0.1, -0.05) is 96.6 Å². The molecular weight excluding hydrogens is 1770 g/mol. The van der Waals surface area contributed by atoms with Crippen LogP contribution in [0.3, 0.4) is 0 Å². The lowest BCUT2D eigenvalue weighted by atomic mass is 9.75. The lowest BCUT2D eigenvalue weighted by molar-refractivity contribution is -0.0259. The summed E-state index contributed by atoms with van der Waals surface area (Å²) in [6.07, 6.45) is -55.1. The van der Waals surface area contributed by atoms with Gasteiger partial charge in [0.05, 0.1) is 148 Å². The Balaban J connectivity index is 0.000000203. The quantitative estimate of drug-likeness (QED) is 0.0369. The van der Waals surface area contributed by atoms with E-state index in [1.807, 2.05) is 13.8 Å². The second-order valence-corrected chi connectivity index (χ2v) is 36.5. The van der Waals surface area contributed by atoms with Crippen LogP contribution in [0.25, 0.3) is 0 Å². The summed E-state index contributed by atoms with van der Waals surface area (Å²) in [5.74, 6) is -15.2. The van der Waals surface area contributed by atoms with E-state index in [1.165, 1.54) is 74.0 Å². The van der Waals surface area contributed by atoms with Crippen LogP contribution in [0, 0.1) is 69.9 Å². The molecule has 18 atom stereocenters. The van der Waals surface area contributed by atoms with Crippen molar-refractivity contribution in [3.8, 4) is 69.0 Å². The molecule has 12 heterocycles. The molecule has 24 nitrogen and oxygen atoms in total. The summed E-state index contributed by atoms with van der Waals surface area (Å²) in [5, 5.41) is 66.8. The van der Waals surface area contributed by atoms with Crippen LogP contribution in [0.4, 0.5) is 0 Å². The Morgan fingerprint density at radius 1 is 0.300 bits per heavy atom. The minimum atomic E-state index is -4.13. The molecule has 12 aliphatic rings. The van der Waals surface area contributed by atoms with Crippen molar-refractivity contribution in [2.24, 2.45) is 69.9 Å². The van der Waals surface area contributed by atoms with Crippen molar-refractivity contribution in [1.29, 1.82) is 0 Å². The predicted molar refractivity (Wildman–Crippen MR) is 556 cm³/mol. The minimum Gasteiger partial charge on any atom is -0.493 e. The standard InChI is InChI=1S/2C20H31NO3.4C19H29NO3/c2*1-20(2,3)11-14-12-21-7-6-13-8-18(23-4)19(24-5)9-15(13)16(21)10-17(14)22;4*1-12(2)7-14-11-20-6-5-13-8-18(22-3)19(23-4)9-15(13)16(20)10-17(14)21/h2*8-9,14,16-17,22H,6-7,10-12H2,1-5H3;4*8-9,12,14,16-17,21H,5-7,10-11H2,1-4H3/i1D3,2D3,6D2,7D2,10D2,11D2,14D,16D,17D;1D3,2D3,5D3,6D2,7D2,11D2,16D;4D3,5D2,6D2,10D2,14D,16D,17D;2*5D2,6D2,10D2,14D,16D,17D;4D3,5D2,6D2,16D. The third-order valence-electron chi connectivity index (χ3n) is 24.0. The number of methoxy groups -OCH3 is 12. The monoisotopic (exact) mass is 2010 g/mol. The highest BCUT2D eigenvalue weighted by atomic mass is 16.5. The molecule has 18 unspecified atom stereocenters. The van der Waals surface area contributed by atoms with Crippen molar-refractivity contribution in [1.82, 2.24) is 29.4 Å². The van der Waals surface area contributed by atoms with Gasteiger partial charge in [0.2, 0.25) is 0 Å². The van der Waals surface area contributed by atoms with Gasteiger partial charge in [0.25, 0.3) is 0 Å². The highest BCUT2D eigenvalue weighted by Crippen LogP contribution is 2.53. The fourth-order valence-corrected chi connectivity index (χ4v) is 17.6. The third kappa shape index (κ3) is 26.3. The van der Waals surface area contributed by atoms with Crippen LogP contribution in [0.5, 0.6) is 69.0 Å². The number of aliphatic hydroxyl groups is 6. The van der Waals surface area contributed by atoms with E-state index < -0.39 is 355 Å². The number of benzene rings is 6. The third-order valence-corrected chi connectivity index (χ3v) is 24.0. The van der Waals surface area contributed by atoms with Gasteiger partial charge in [-0.25, -0.2) is 0 Å². The molecular formula is C116H178N6O18. The number of hydrogen-bond acceptors (Lipinski definition) is 24. The lowest BCUT2D eigenvalue weighted by Gasteiger charge is -2.47. The first kappa shape index (κ1) is 49.3. The van der Waals surface area contributed by atoms with Crippen LogP contribution in [-0.2, 0) is 38.2 Å². The van der Waals surface area contributed by atoms with Gasteiger partial charge < -0.3 is 87.5 Å². The van der Waals surface area contributed by atoms with Crippen LogP contribution < -0.4 is 56.8 Å². The summed E-state index contributed by atoms with van der Waals surface area (Å²) in [5.41, 5.74) is -10.9. The van der Waals surface area contributed by atoms with Crippen LogP contribution in [0.15, 0.2) is 72.8 Å². The highest BCUT2D eigenvalue weighted by molar-refractivity contribution is 5.55. The van der Waals surface area contributed by atoms with E-state index in [-0.39, 0.29) is 163 Å². The number of rotatable bonds is 22. The molecule has 6 N–H and O–H groups in total. The first-order valence-corrected chi connectivity index (χ1v) is 45.3. The predicted octanol–water partition coefficient (Wildman–Crippen LogP) is 19.0. The van der Waals surface area contributed by atoms with Gasteiger partial charge in [0.15, 0.2) is 69.0 Å². The number of piperidine rings is 6. The van der Waals surface area contributed by atoms with Gasteiger partial charge >= 0.3 is 0 Å². The van der Waals surface area contributed by atoms with E-state index in [0.29, 0.717) is 39.9 Å². The number of nitrogens with zero attached hydrogens (tertiary/aromatic N) is 6. The van der Waals surface area contributed by atoms with E-state index in [4.69, 9.17) is 146 Å². The molecule has 12 aliphatic heterocycles. The number of aryl methyl sites for hydroxylation is 6. The molecule has 0 spiro atoms. The van der Waals surface area contributed by atoms with Gasteiger partial charge in [-0.2, -0.15) is 0 Å². The molecule has 24 heteroatoms. The summed E-state index contributed by atoms with van der Waals surface area (Å²) < 4.78 is 660. The van der Waals surface area contributed by atoms with Crippen LogP contribution in [0.1, 0.15) is 374 Å². The van der Waals surface area contributed by atoms with Crippen LogP contribution >= 0.6 is 0 Å². The Bertz CT molecular complexity index is 8370. The van der Waals surface area contributed by atoms with Crippen molar-refractivity contribution in [2.45, 2.75) is 284 Å². The Morgan fingerprint density at radius 2 is 0.514 bits per heavy atom.